The molecule has 1 amide bonds. The summed E-state index contributed by atoms with van der Waals surface area (Å²) in [7, 11) is 1.64. The summed E-state index contributed by atoms with van der Waals surface area (Å²) in [4.78, 5) is 24.3. The van der Waals surface area contributed by atoms with Crippen molar-refractivity contribution in [1.29, 1.82) is 0 Å². The molecule has 0 aromatic heterocycles. The lowest BCUT2D eigenvalue weighted by Crippen LogP contribution is -2.35. The topological polar surface area (TPSA) is 37.4 Å². The maximum atomic E-state index is 12.2. The molecule has 2 rings (SSSR count). The van der Waals surface area contributed by atoms with Crippen LogP contribution in [0.1, 0.15) is 17.3 Å². The van der Waals surface area contributed by atoms with Gasteiger partial charge >= 0.3 is 0 Å². The molecular formula is C15H15NO2. The highest BCUT2D eigenvalue weighted by molar-refractivity contribution is 5.99. The van der Waals surface area contributed by atoms with Crippen molar-refractivity contribution in [3.8, 4) is 0 Å². The molecule has 0 N–H and O–H groups in total. The molecule has 0 saturated carbocycles. The van der Waals surface area contributed by atoms with E-state index in [9.17, 15) is 9.59 Å². The van der Waals surface area contributed by atoms with Gasteiger partial charge in [-0.25, -0.2) is 0 Å². The van der Waals surface area contributed by atoms with E-state index in [4.69, 9.17) is 0 Å². The third-order valence-corrected chi connectivity index (χ3v) is 3.12. The number of aldehydes is 1. The molecule has 18 heavy (non-hydrogen) atoms. The van der Waals surface area contributed by atoms with Gasteiger partial charge in [0.05, 0.1) is 6.04 Å². The van der Waals surface area contributed by atoms with Crippen molar-refractivity contribution >= 4 is 23.0 Å². The minimum Gasteiger partial charge on any atom is -0.332 e. The Labute approximate surface area is 106 Å². The van der Waals surface area contributed by atoms with Crippen LogP contribution in [0, 0.1) is 0 Å². The molecule has 2 aromatic rings. The van der Waals surface area contributed by atoms with Gasteiger partial charge in [0.15, 0.2) is 0 Å². The number of rotatable bonds is 3. The maximum Gasteiger partial charge on any atom is 0.254 e. The zero-order chi connectivity index (χ0) is 13.1. The number of amides is 1. The Morgan fingerprint density at radius 3 is 2.50 bits per heavy atom. The SMILES string of the molecule is CC(C=O)N(C)C(=O)c1ccc2ccccc2c1. The molecule has 0 fully saturated rings. The second-order valence-electron chi connectivity index (χ2n) is 4.35. The quantitative estimate of drug-likeness (QED) is 0.774. The van der Waals surface area contributed by atoms with E-state index in [0.717, 1.165) is 17.1 Å². The van der Waals surface area contributed by atoms with Crippen molar-refractivity contribution in [2.24, 2.45) is 0 Å². The zero-order valence-electron chi connectivity index (χ0n) is 10.5. The third kappa shape index (κ3) is 2.25. The van der Waals surface area contributed by atoms with Crippen molar-refractivity contribution < 1.29 is 9.59 Å². The number of carbonyl (C=O) groups is 2. The summed E-state index contributed by atoms with van der Waals surface area (Å²) in [6.45, 7) is 1.70. The summed E-state index contributed by atoms with van der Waals surface area (Å²) in [5.41, 5.74) is 0.602. The number of fused-ring (bicyclic) bond motifs is 1. The van der Waals surface area contributed by atoms with Gasteiger partial charge in [-0.2, -0.15) is 0 Å². The molecule has 2 aromatic carbocycles. The van der Waals surface area contributed by atoms with Gasteiger partial charge in [-0.3, -0.25) is 4.79 Å². The van der Waals surface area contributed by atoms with Crippen LogP contribution in [0.25, 0.3) is 10.8 Å². The molecule has 92 valence electrons. The lowest BCUT2D eigenvalue weighted by atomic mass is 10.1. The minimum absolute atomic E-state index is 0.139. The average Bonchev–Trinajstić information content (AvgIpc) is 2.44. The van der Waals surface area contributed by atoms with E-state index < -0.39 is 6.04 Å². The van der Waals surface area contributed by atoms with E-state index in [0.29, 0.717) is 5.56 Å². The smallest absolute Gasteiger partial charge is 0.254 e. The molecule has 3 nitrogen and oxygen atoms in total. The van der Waals surface area contributed by atoms with Crippen LogP contribution in [0.15, 0.2) is 42.5 Å². The molecule has 0 radical (unpaired) electrons. The predicted octanol–water partition coefficient (Wildman–Crippen LogP) is 2.50. The highest BCUT2D eigenvalue weighted by Gasteiger charge is 2.16. The summed E-state index contributed by atoms with van der Waals surface area (Å²) in [5, 5.41) is 2.12. The Balaban J connectivity index is 2.36. The van der Waals surface area contributed by atoms with Crippen molar-refractivity contribution in [2.45, 2.75) is 13.0 Å². The first-order chi connectivity index (χ1) is 8.63. The van der Waals surface area contributed by atoms with E-state index in [-0.39, 0.29) is 5.91 Å². The standard InChI is InChI=1S/C15H15NO2/c1-11(10-17)16(2)15(18)14-8-7-12-5-3-4-6-13(12)9-14/h3-11H,1-2H3. The second-order valence-corrected chi connectivity index (χ2v) is 4.35. The highest BCUT2D eigenvalue weighted by atomic mass is 16.2. The summed E-state index contributed by atoms with van der Waals surface area (Å²) in [5.74, 6) is -0.139. The van der Waals surface area contributed by atoms with Crippen molar-refractivity contribution in [1.82, 2.24) is 4.90 Å². The first-order valence-electron chi connectivity index (χ1n) is 5.84. The molecule has 3 heteroatoms. The van der Waals surface area contributed by atoms with Gasteiger partial charge in [-0.1, -0.05) is 30.3 Å². The number of hydrogen-bond acceptors (Lipinski definition) is 2. The average molecular weight is 241 g/mol. The molecule has 0 saturated heterocycles. The minimum atomic E-state index is -0.413. The Bertz CT molecular complexity index is 592. The second kappa shape index (κ2) is 5.00. The van der Waals surface area contributed by atoms with E-state index in [1.54, 1.807) is 20.0 Å². The van der Waals surface area contributed by atoms with Crippen LogP contribution >= 0.6 is 0 Å². The fourth-order valence-electron chi connectivity index (χ4n) is 1.80. The summed E-state index contributed by atoms with van der Waals surface area (Å²) in [6.07, 6.45) is 0.763. The van der Waals surface area contributed by atoms with Gasteiger partial charge in [-0.05, 0) is 29.8 Å². The summed E-state index contributed by atoms with van der Waals surface area (Å²) >= 11 is 0. The molecule has 0 aliphatic carbocycles. The molecule has 0 bridgehead atoms. The molecule has 0 aliphatic rings. The molecule has 1 unspecified atom stereocenters. The van der Waals surface area contributed by atoms with Gasteiger partial charge in [0.25, 0.3) is 5.91 Å². The number of benzene rings is 2. The normalized spacial score (nSPS) is 12.1. The monoisotopic (exact) mass is 241 g/mol. The van der Waals surface area contributed by atoms with E-state index >= 15 is 0 Å². The van der Waals surface area contributed by atoms with E-state index in [1.807, 2.05) is 36.4 Å². The lowest BCUT2D eigenvalue weighted by Gasteiger charge is -2.20. The van der Waals surface area contributed by atoms with Crippen molar-refractivity contribution in [2.75, 3.05) is 7.05 Å². The molecule has 0 heterocycles. The van der Waals surface area contributed by atoms with Gasteiger partial charge in [-0.15, -0.1) is 0 Å². The van der Waals surface area contributed by atoms with Crippen LogP contribution in [0.4, 0.5) is 0 Å². The molecular weight excluding hydrogens is 226 g/mol. The summed E-state index contributed by atoms with van der Waals surface area (Å²) in [6, 6.07) is 13.0. The first kappa shape index (κ1) is 12.3. The van der Waals surface area contributed by atoms with Crippen molar-refractivity contribution in [3.63, 3.8) is 0 Å². The van der Waals surface area contributed by atoms with Gasteiger partial charge < -0.3 is 9.69 Å². The fourth-order valence-corrected chi connectivity index (χ4v) is 1.80. The number of hydrogen-bond donors (Lipinski definition) is 0. The number of nitrogens with zero attached hydrogens (tertiary/aromatic N) is 1. The maximum absolute atomic E-state index is 12.2. The third-order valence-electron chi connectivity index (χ3n) is 3.12. The Hall–Kier alpha value is -2.16. The van der Waals surface area contributed by atoms with Gasteiger partial charge in [0.1, 0.15) is 6.29 Å². The van der Waals surface area contributed by atoms with Crippen LogP contribution in [0.3, 0.4) is 0 Å². The van der Waals surface area contributed by atoms with E-state index in [2.05, 4.69) is 0 Å². The van der Waals surface area contributed by atoms with Crippen molar-refractivity contribution in [3.05, 3.63) is 48.0 Å². The van der Waals surface area contributed by atoms with Gasteiger partial charge in [0.2, 0.25) is 0 Å². The number of likely N-dealkylation sites (N-methyl/N-ethyl adjacent to an activating group) is 1. The fraction of sp³-hybridized carbons (Fsp3) is 0.200. The highest BCUT2D eigenvalue weighted by Crippen LogP contribution is 2.17. The largest absolute Gasteiger partial charge is 0.332 e. The van der Waals surface area contributed by atoms with Crippen LogP contribution < -0.4 is 0 Å². The van der Waals surface area contributed by atoms with Crippen LogP contribution in [-0.2, 0) is 4.79 Å². The predicted molar refractivity (Wildman–Crippen MR) is 71.6 cm³/mol. The lowest BCUT2D eigenvalue weighted by molar-refractivity contribution is -0.110. The molecule has 1 atom stereocenters. The first-order valence-corrected chi connectivity index (χ1v) is 5.84. The molecule has 0 aliphatic heterocycles. The zero-order valence-corrected chi connectivity index (χ0v) is 10.5. The van der Waals surface area contributed by atoms with E-state index in [1.165, 1.54) is 4.90 Å². The Morgan fingerprint density at radius 1 is 1.17 bits per heavy atom. The number of carbonyl (C=O) groups excluding carboxylic acids is 2. The molecule has 0 spiro atoms. The Kier molecular flexibility index (Phi) is 3.42. The Morgan fingerprint density at radius 2 is 1.83 bits per heavy atom. The van der Waals surface area contributed by atoms with Crippen LogP contribution in [-0.4, -0.2) is 30.2 Å². The van der Waals surface area contributed by atoms with Crippen LogP contribution in [0.2, 0.25) is 0 Å². The van der Waals surface area contributed by atoms with Crippen LogP contribution in [0.5, 0.6) is 0 Å². The van der Waals surface area contributed by atoms with Gasteiger partial charge in [0, 0.05) is 12.6 Å². The summed E-state index contributed by atoms with van der Waals surface area (Å²) < 4.78 is 0.